The van der Waals surface area contributed by atoms with Crippen molar-refractivity contribution in [2.24, 2.45) is 0 Å². The van der Waals surface area contributed by atoms with Gasteiger partial charge < -0.3 is 15.1 Å². The Bertz CT molecular complexity index is 472. The highest BCUT2D eigenvalue weighted by atomic mass is 16.4. The number of carbonyl (C=O) groups is 2. The number of rotatable bonds is 3. The number of nitrogens with zero attached hydrogens (tertiary/aromatic N) is 3. The maximum absolute atomic E-state index is 12.0. The Morgan fingerprint density at radius 1 is 1.56 bits per heavy atom. The number of hydrogen-bond donors (Lipinski definition) is 3. The van der Waals surface area contributed by atoms with Crippen LogP contribution in [0.2, 0.25) is 0 Å². The number of aliphatic carboxylic acids is 1. The van der Waals surface area contributed by atoms with Crippen LogP contribution < -0.4 is 0 Å². The minimum atomic E-state index is -1.13. The third-order valence-corrected chi connectivity index (χ3v) is 2.88. The standard InChI is InChI=1S/C10H14N4O4/c1-2-7-11-8(13-12-7)9(16)14-4-5(15)3-6(14)10(17)18/h5-6,15H,2-4H2,1H3,(H,17,18)(H,11,12,13)/t5-,6-/m0/s1. The monoisotopic (exact) mass is 254 g/mol. The smallest absolute Gasteiger partial charge is 0.326 e. The number of likely N-dealkylation sites (tertiary alicyclic amines) is 1. The second-order valence-corrected chi connectivity index (χ2v) is 4.16. The van der Waals surface area contributed by atoms with Crippen LogP contribution in [0.1, 0.15) is 29.8 Å². The van der Waals surface area contributed by atoms with Gasteiger partial charge in [-0.15, -0.1) is 5.10 Å². The molecule has 0 aromatic carbocycles. The fraction of sp³-hybridized carbons (Fsp3) is 0.600. The largest absolute Gasteiger partial charge is 0.480 e. The van der Waals surface area contributed by atoms with Gasteiger partial charge in [-0.2, -0.15) is 0 Å². The summed E-state index contributed by atoms with van der Waals surface area (Å²) in [7, 11) is 0. The minimum absolute atomic E-state index is 0.00814. The van der Waals surface area contributed by atoms with E-state index in [1.807, 2.05) is 6.92 Å². The molecule has 1 amide bonds. The minimum Gasteiger partial charge on any atom is -0.480 e. The summed E-state index contributed by atoms with van der Waals surface area (Å²) in [5, 5.41) is 24.8. The molecule has 2 heterocycles. The summed E-state index contributed by atoms with van der Waals surface area (Å²) in [5.74, 6) is -1.21. The van der Waals surface area contributed by atoms with E-state index in [0.717, 1.165) is 4.90 Å². The van der Waals surface area contributed by atoms with E-state index >= 15 is 0 Å². The molecule has 18 heavy (non-hydrogen) atoms. The molecule has 0 spiro atoms. The molecule has 3 N–H and O–H groups in total. The van der Waals surface area contributed by atoms with E-state index in [1.54, 1.807) is 0 Å². The highest BCUT2D eigenvalue weighted by Gasteiger charge is 2.40. The molecule has 0 bridgehead atoms. The summed E-state index contributed by atoms with van der Waals surface area (Å²) in [5.41, 5.74) is 0. The molecular formula is C10H14N4O4. The molecule has 2 rings (SSSR count). The molecule has 1 aromatic heterocycles. The summed E-state index contributed by atoms with van der Waals surface area (Å²) in [4.78, 5) is 28.1. The summed E-state index contributed by atoms with van der Waals surface area (Å²) < 4.78 is 0. The first-order chi connectivity index (χ1) is 8.52. The normalized spacial score (nSPS) is 23.3. The van der Waals surface area contributed by atoms with Crippen molar-refractivity contribution in [1.29, 1.82) is 0 Å². The highest BCUT2D eigenvalue weighted by Crippen LogP contribution is 2.19. The molecule has 1 saturated heterocycles. The van der Waals surface area contributed by atoms with Crippen molar-refractivity contribution in [2.75, 3.05) is 6.54 Å². The molecule has 1 aliphatic rings. The van der Waals surface area contributed by atoms with E-state index in [2.05, 4.69) is 15.2 Å². The Labute approximate surface area is 103 Å². The van der Waals surface area contributed by atoms with Crippen molar-refractivity contribution in [2.45, 2.75) is 31.9 Å². The van der Waals surface area contributed by atoms with E-state index in [0.29, 0.717) is 12.2 Å². The number of nitrogens with one attached hydrogen (secondary N) is 1. The van der Waals surface area contributed by atoms with Gasteiger partial charge in [0.2, 0.25) is 5.82 Å². The highest BCUT2D eigenvalue weighted by molar-refractivity contribution is 5.94. The molecule has 1 fully saturated rings. The van der Waals surface area contributed by atoms with E-state index in [-0.39, 0.29) is 18.8 Å². The Hall–Kier alpha value is -1.96. The van der Waals surface area contributed by atoms with Crippen LogP contribution in [-0.4, -0.2) is 60.9 Å². The van der Waals surface area contributed by atoms with Gasteiger partial charge in [0, 0.05) is 19.4 Å². The van der Waals surface area contributed by atoms with Crippen LogP contribution in [0.15, 0.2) is 0 Å². The maximum Gasteiger partial charge on any atom is 0.326 e. The number of aromatic amines is 1. The number of aryl methyl sites for hydroxylation is 1. The second-order valence-electron chi connectivity index (χ2n) is 4.16. The molecule has 0 saturated carbocycles. The predicted molar refractivity (Wildman–Crippen MR) is 58.8 cm³/mol. The summed E-state index contributed by atoms with van der Waals surface area (Å²) in [6, 6.07) is -1.02. The number of hydrogen-bond acceptors (Lipinski definition) is 5. The summed E-state index contributed by atoms with van der Waals surface area (Å²) in [6.07, 6.45) is -0.183. The van der Waals surface area contributed by atoms with Gasteiger partial charge in [0.1, 0.15) is 11.9 Å². The number of H-pyrrole nitrogens is 1. The maximum atomic E-state index is 12.0. The molecular weight excluding hydrogens is 240 g/mol. The van der Waals surface area contributed by atoms with Gasteiger partial charge in [0.05, 0.1) is 6.10 Å². The molecule has 8 heteroatoms. The molecule has 2 atom stereocenters. The first-order valence-electron chi connectivity index (χ1n) is 5.66. The topological polar surface area (TPSA) is 119 Å². The fourth-order valence-electron chi connectivity index (χ4n) is 1.95. The van der Waals surface area contributed by atoms with Crippen molar-refractivity contribution in [3.05, 3.63) is 11.6 Å². The fourth-order valence-corrected chi connectivity index (χ4v) is 1.95. The number of β-amino-alcohol motifs (C(OH)–C–C–N with tert-alkyl or cyclic N) is 1. The molecule has 1 aromatic rings. The van der Waals surface area contributed by atoms with Crippen LogP contribution in [0.3, 0.4) is 0 Å². The summed E-state index contributed by atoms with van der Waals surface area (Å²) >= 11 is 0. The molecule has 0 unspecified atom stereocenters. The number of carboxylic acids is 1. The molecule has 0 radical (unpaired) electrons. The lowest BCUT2D eigenvalue weighted by atomic mass is 10.2. The van der Waals surface area contributed by atoms with Gasteiger partial charge >= 0.3 is 5.97 Å². The molecule has 0 aliphatic carbocycles. The zero-order valence-electron chi connectivity index (χ0n) is 9.83. The van der Waals surface area contributed by atoms with Crippen molar-refractivity contribution in [1.82, 2.24) is 20.1 Å². The van der Waals surface area contributed by atoms with Crippen LogP contribution in [0.4, 0.5) is 0 Å². The average Bonchev–Trinajstić information content (AvgIpc) is 2.94. The van der Waals surface area contributed by atoms with Crippen LogP contribution >= 0.6 is 0 Å². The summed E-state index contributed by atoms with van der Waals surface area (Å²) in [6.45, 7) is 1.85. The molecule has 1 aliphatic heterocycles. The average molecular weight is 254 g/mol. The van der Waals surface area contributed by atoms with Gasteiger partial charge in [0.15, 0.2) is 0 Å². The Morgan fingerprint density at radius 2 is 2.28 bits per heavy atom. The Balaban J connectivity index is 2.19. The zero-order chi connectivity index (χ0) is 13.3. The van der Waals surface area contributed by atoms with Crippen LogP contribution in [0, 0.1) is 0 Å². The van der Waals surface area contributed by atoms with E-state index in [1.165, 1.54) is 0 Å². The van der Waals surface area contributed by atoms with Crippen molar-refractivity contribution in [3.8, 4) is 0 Å². The van der Waals surface area contributed by atoms with Gasteiger partial charge in [0.25, 0.3) is 5.91 Å². The van der Waals surface area contributed by atoms with Gasteiger partial charge in [-0.3, -0.25) is 9.89 Å². The lowest BCUT2D eigenvalue weighted by molar-refractivity contribution is -0.141. The lowest BCUT2D eigenvalue weighted by Crippen LogP contribution is -2.41. The number of carboxylic acid groups (broad SMARTS) is 1. The number of aliphatic hydroxyl groups is 1. The van der Waals surface area contributed by atoms with Gasteiger partial charge in [-0.05, 0) is 0 Å². The van der Waals surface area contributed by atoms with Crippen LogP contribution in [0.5, 0.6) is 0 Å². The van der Waals surface area contributed by atoms with Crippen molar-refractivity contribution >= 4 is 11.9 Å². The Morgan fingerprint density at radius 3 is 2.83 bits per heavy atom. The third kappa shape index (κ3) is 2.19. The van der Waals surface area contributed by atoms with Gasteiger partial charge in [-0.25, -0.2) is 9.78 Å². The number of aliphatic hydroxyl groups excluding tert-OH is 1. The Kier molecular flexibility index (Phi) is 3.28. The lowest BCUT2D eigenvalue weighted by Gasteiger charge is -2.19. The number of aromatic nitrogens is 3. The number of carbonyl (C=O) groups excluding carboxylic acids is 1. The van der Waals surface area contributed by atoms with Crippen LogP contribution in [-0.2, 0) is 11.2 Å². The van der Waals surface area contributed by atoms with Crippen LogP contribution in [0.25, 0.3) is 0 Å². The second kappa shape index (κ2) is 4.73. The van der Waals surface area contributed by atoms with E-state index in [4.69, 9.17) is 5.11 Å². The van der Waals surface area contributed by atoms with Crippen molar-refractivity contribution in [3.63, 3.8) is 0 Å². The third-order valence-electron chi connectivity index (χ3n) is 2.88. The quantitative estimate of drug-likeness (QED) is 0.638. The van der Waals surface area contributed by atoms with E-state index in [9.17, 15) is 14.7 Å². The number of amides is 1. The predicted octanol–water partition coefficient (Wildman–Crippen LogP) is -0.973. The first-order valence-corrected chi connectivity index (χ1v) is 5.66. The van der Waals surface area contributed by atoms with E-state index < -0.39 is 24.0 Å². The van der Waals surface area contributed by atoms with Gasteiger partial charge in [-0.1, -0.05) is 6.92 Å². The molecule has 98 valence electrons. The first kappa shape index (κ1) is 12.5. The van der Waals surface area contributed by atoms with Crippen molar-refractivity contribution < 1.29 is 19.8 Å². The molecule has 8 nitrogen and oxygen atoms in total. The zero-order valence-corrected chi connectivity index (χ0v) is 9.83. The SMILES string of the molecule is CCc1nc(C(=O)N2C[C@@H](O)C[C@H]2C(=O)O)n[nH]1.